The minimum atomic E-state index is -1.66. The van der Waals surface area contributed by atoms with Crippen molar-refractivity contribution in [3.8, 4) is 11.5 Å². The van der Waals surface area contributed by atoms with E-state index in [1.807, 2.05) is 6.07 Å². The van der Waals surface area contributed by atoms with Crippen LogP contribution in [0.3, 0.4) is 0 Å². The number of nitrogens with one attached hydrogen (secondary N) is 1. The van der Waals surface area contributed by atoms with E-state index >= 15 is 4.79 Å². The number of rotatable bonds is 36. The van der Waals surface area contributed by atoms with Crippen LogP contribution in [-0.2, 0) is 25.7 Å². The molecule has 6 atom stereocenters. The normalized spacial score (nSPS) is 20.6. The molecular formula is C60H81N5O14. The SMILES string of the molecule is C=CCOC12Oc3ccc(OC(=O)NCCCCCCCCCCCC)cc3C3C(CCCCO)C(CCCCO)C=C(C(=NOCc4ccc([N+](=O)[O-])cc4)CC1N(CCOCCO)C(=O)C=Cc1ccc([N+](=O)[O-])cc1)C32. The topological polar surface area (TPSA) is 255 Å². The predicted octanol–water partition coefficient (Wildman–Crippen LogP) is 10.9. The van der Waals surface area contributed by atoms with Crippen LogP contribution < -0.4 is 14.8 Å². The van der Waals surface area contributed by atoms with E-state index in [1.54, 1.807) is 41.3 Å². The monoisotopic (exact) mass is 1100 g/mol. The number of ether oxygens (including phenoxy) is 4. The van der Waals surface area contributed by atoms with Crippen LogP contribution >= 0.6 is 0 Å². The summed E-state index contributed by atoms with van der Waals surface area (Å²) in [5.41, 5.74) is 2.94. The first kappa shape index (κ1) is 61.7. The highest BCUT2D eigenvalue weighted by Crippen LogP contribution is 2.62. The highest BCUT2D eigenvalue weighted by molar-refractivity contribution is 6.03. The van der Waals surface area contributed by atoms with Crippen molar-refractivity contribution < 1.29 is 58.5 Å². The van der Waals surface area contributed by atoms with E-state index in [4.69, 9.17) is 28.9 Å². The van der Waals surface area contributed by atoms with E-state index in [0.717, 1.165) is 30.4 Å². The minimum Gasteiger partial charge on any atom is -0.459 e. The number of unbranched alkanes of at least 4 members (excludes halogenated alkanes) is 11. The molecule has 0 saturated heterocycles. The van der Waals surface area contributed by atoms with Crippen LogP contribution in [0.25, 0.3) is 6.08 Å². The van der Waals surface area contributed by atoms with Crippen LogP contribution in [0, 0.1) is 38.0 Å². The van der Waals surface area contributed by atoms with Crippen LogP contribution in [0.1, 0.15) is 139 Å². The quantitative estimate of drug-likeness (QED) is 0.0139. The number of carbonyl (C=O) groups is 2. The Hall–Kier alpha value is -6.51. The second-order valence-corrected chi connectivity index (χ2v) is 20.5. The summed E-state index contributed by atoms with van der Waals surface area (Å²) in [6.45, 7) is 6.37. The van der Waals surface area contributed by atoms with Crippen LogP contribution in [0.15, 0.2) is 102 Å². The number of benzene rings is 3. The van der Waals surface area contributed by atoms with Gasteiger partial charge in [-0.25, -0.2) is 4.79 Å². The number of hydrogen-bond acceptors (Lipinski definition) is 15. The fourth-order valence-corrected chi connectivity index (χ4v) is 11.3. The van der Waals surface area contributed by atoms with Gasteiger partial charge in [0.25, 0.3) is 11.4 Å². The van der Waals surface area contributed by atoms with Crippen LogP contribution in [0.5, 0.6) is 11.5 Å². The van der Waals surface area contributed by atoms with Crippen LogP contribution in [0.4, 0.5) is 16.2 Å². The molecule has 1 saturated carbocycles. The molecule has 4 N–H and O–H groups in total. The van der Waals surface area contributed by atoms with Gasteiger partial charge in [-0.3, -0.25) is 25.0 Å². The molecule has 3 aliphatic rings. The molecule has 3 aromatic rings. The number of non-ortho nitro benzene ring substituents is 2. The first-order valence-electron chi connectivity index (χ1n) is 28.3. The van der Waals surface area contributed by atoms with Crippen molar-refractivity contribution in [1.82, 2.24) is 10.2 Å². The Morgan fingerprint density at radius 2 is 1.49 bits per heavy atom. The number of aliphatic hydroxyl groups excluding tert-OH is 3. The Morgan fingerprint density at radius 3 is 2.14 bits per heavy atom. The van der Waals surface area contributed by atoms with Crippen molar-refractivity contribution in [3.63, 3.8) is 0 Å². The fraction of sp³-hybridized carbons (Fsp3) is 0.550. The number of fused-ring (bicyclic) bond motifs is 2. The van der Waals surface area contributed by atoms with E-state index in [1.165, 1.54) is 87.4 Å². The largest absolute Gasteiger partial charge is 0.459 e. The van der Waals surface area contributed by atoms with Gasteiger partial charge in [0.1, 0.15) is 24.1 Å². The third-order valence-corrected chi connectivity index (χ3v) is 15.1. The number of amides is 2. The van der Waals surface area contributed by atoms with Crippen molar-refractivity contribution in [2.75, 3.05) is 52.7 Å². The van der Waals surface area contributed by atoms with Crippen LogP contribution in [-0.4, -0.2) is 112 Å². The summed E-state index contributed by atoms with van der Waals surface area (Å²) < 4.78 is 26.3. The summed E-state index contributed by atoms with van der Waals surface area (Å²) in [6.07, 6.45) is 21.7. The van der Waals surface area contributed by atoms with Gasteiger partial charge >= 0.3 is 6.09 Å². The number of hydrogen-bond donors (Lipinski definition) is 4. The number of allylic oxidation sites excluding steroid dienone is 1. The summed E-state index contributed by atoms with van der Waals surface area (Å²) >= 11 is 0. The summed E-state index contributed by atoms with van der Waals surface area (Å²) in [4.78, 5) is 58.3. The number of aliphatic hydroxyl groups is 3. The molecule has 19 nitrogen and oxygen atoms in total. The first-order valence-corrected chi connectivity index (χ1v) is 28.3. The molecule has 1 heterocycles. The smallest absolute Gasteiger partial charge is 0.412 e. The molecule has 0 aromatic heterocycles. The average molecular weight is 1100 g/mol. The minimum absolute atomic E-state index is 0.000874. The molecule has 3 aromatic carbocycles. The molecule has 6 rings (SSSR count). The molecular weight excluding hydrogens is 1010 g/mol. The van der Waals surface area contributed by atoms with E-state index < -0.39 is 45.5 Å². The highest BCUT2D eigenvalue weighted by Gasteiger charge is 2.65. The van der Waals surface area contributed by atoms with Crippen molar-refractivity contribution in [3.05, 3.63) is 134 Å². The lowest BCUT2D eigenvalue weighted by Crippen LogP contribution is -2.70. The number of nitrogens with zero attached hydrogens (tertiary/aromatic N) is 4. The lowest BCUT2D eigenvalue weighted by atomic mass is 9.55. The summed E-state index contributed by atoms with van der Waals surface area (Å²) in [5, 5.41) is 60.5. The Kier molecular flexibility index (Phi) is 25.4. The summed E-state index contributed by atoms with van der Waals surface area (Å²) in [7, 11) is 0. The summed E-state index contributed by atoms with van der Waals surface area (Å²) in [6, 6.07) is 16.0. The second-order valence-electron chi connectivity index (χ2n) is 20.5. The number of carbonyl (C=O) groups excluding carboxylic acids is 2. The van der Waals surface area contributed by atoms with Gasteiger partial charge in [0.05, 0.1) is 47.9 Å². The van der Waals surface area contributed by atoms with Crippen molar-refractivity contribution in [2.45, 2.75) is 140 Å². The third-order valence-electron chi connectivity index (χ3n) is 15.1. The molecule has 2 aliphatic carbocycles. The fourth-order valence-electron chi connectivity index (χ4n) is 11.3. The first-order chi connectivity index (χ1) is 38.5. The van der Waals surface area contributed by atoms with Crippen LogP contribution in [0.2, 0.25) is 0 Å². The molecule has 0 spiro atoms. The van der Waals surface area contributed by atoms with Crippen molar-refractivity contribution in [1.29, 1.82) is 0 Å². The Balaban J connectivity index is 1.45. The molecule has 430 valence electrons. The van der Waals surface area contributed by atoms with Gasteiger partial charge in [-0.1, -0.05) is 94.9 Å². The zero-order valence-corrected chi connectivity index (χ0v) is 45.8. The lowest BCUT2D eigenvalue weighted by molar-refractivity contribution is -0.385. The van der Waals surface area contributed by atoms with E-state index in [2.05, 4.69) is 24.9 Å². The van der Waals surface area contributed by atoms with Gasteiger partial charge in [0.2, 0.25) is 11.7 Å². The predicted molar refractivity (Wildman–Crippen MR) is 300 cm³/mol. The molecule has 0 bridgehead atoms. The Bertz CT molecular complexity index is 2520. The van der Waals surface area contributed by atoms with Gasteiger partial charge in [-0.15, -0.1) is 6.58 Å². The molecule has 1 aliphatic heterocycles. The van der Waals surface area contributed by atoms with E-state index in [9.17, 15) is 40.3 Å². The maximum atomic E-state index is 15.1. The Morgan fingerprint density at radius 1 is 0.835 bits per heavy atom. The summed E-state index contributed by atoms with van der Waals surface area (Å²) in [5.74, 6) is -2.83. The molecule has 1 fully saturated rings. The van der Waals surface area contributed by atoms with Gasteiger partial charge in [-0.2, -0.15) is 0 Å². The number of nitro groups is 2. The number of oxime groups is 1. The van der Waals surface area contributed by atoms with Crippen molar-refractivity contribution >= 4 is 35.2 Å². The number of nitro benzene ring substituents is 2. The van der Waals surface area contributed by atoms with E-state index in [0.29, 0.717) is 73.4 Å². The molecule has 19 heteroatoms. The van der Waals surface area contributed by atoms with E-state index in [-0.39, 0.29) is 82.4 Å². The lowest BCUT2D eigenvalue weighted by Gasteiger charge is -2.60. The third kappa shape index (κ3) is 17.5. The molecule has 2 amide bonds. The Labute approximate surface area is 464 Å². The van der Waals surface area contributed by atoms with Gasteiger partial charge in [0.15, 0.2) is 0 Å². The maximum Gasteiger partial charge on any atom is 0.412 e. The van der Waals surface area contributed by atoms with Gasteiger partial charge < -0.3 is 49.3 Å². The molecule has 0 radical (unpaired) electrons. The van der Waals surface area contributed by atoms with Gasteiger partial charge in [0, 0.05) is 74.5 Å². The van der Waals surface area contributed by atoms with Crippen molar-refractivity contribution in [2.24, 2.45) is 22.9 Å². The maximum absolute atomic E-state index is 15.1. The zero-order valence-electron chi connectivity index (χ0n) is 45.8. The molecule has 79 heavy (non-hydrogen) atoms. The highest BCUT2D eigenvalue weighted by atomic mass is 16.7. The standard InChI is InChI=1S/C60H81N5O14/c1-3-5-6-7-8-9-10-11-12-15-32-61-59(70)78-49-29-30-54-52(41-49)57-50(19-14-17-35-67)46(18-13-16-34-66)40-51-53(62-77-43-45-22-27-48(28-23-45)65(73)74)42-55(60(79-54,58(51)57)76-37-4-2)63(33-38-75-39-36-68)56(69)31-24-44-20-25-47(26-21-44)64(71)72/h4,20-31,40-41,46,50,55,57-58,66-68H,2-3,5-19,32-39,42-43H2,1H3,(H,61,70). The zero-order chi connectivity index (χ0) is 56.4. The molecule has 6 unspecified atom stereocenters. The van der Waals surface area contributed by atoms with Gasteiger partial charge in [-0.05, 0) is 109 Å². The second kappa shape index (κ2) is 32.5. The average Bonchev–Trinajstić information content (AvgIpc) is 3.30.